The molecule has 0 fully saturated rings. The van der Waals surface area contributed by atoms with Crippen molar-refractivity contribution >= 4 is 10.8 Å². The van der Waals surface area contributed by atoms with E-state index in [-0.39, 0.29) is 5.82 Å². The summed E-state index contributed by atoms with van der Waals surface area (Å²) in [7, 11) is -0.988. The lowest BCUT2D eigenvalue weighted by molar-refractivity contribution is 0.626. The van der Waals surface area contributed by atoms with Crippen LogP contribution in [0.25, 0.3) is 0 Å². The summed E-state index contributed by atoms with van der Waals surface area (Å²) in [5.41, 5.74) is 0. The van der Waals surface area contributed by atoms with Crippen molar-refractivity contribution in [1.82, 2.24) is 0 Å². The van der Waals surface area contributed by atoms with Crippen LogP contribution in [0.2, 0.25) is 0 Å². The lowest BCUT2D eigenvalue weighted by Gasteiger charge is -2.04. The van der Waals surface area contributed by atoms with E-state index >= 15 is 0 Å². The Hall–Kier alpha value is -0.700. The Balaban J connectivity index is 2.72. The monoisotopic (exact) mass is 200 g/mol. The van der Waals surface area contributed by atoms with Gasteiger partial charge in [0, 0.05) is 10.6 Å². The summed E-state index contributed by atoms with van der Waals surface area (Å²) < 4.78 is 24.1. The average Bonchev–Trinajstić information content (AvgIpc) is 2.04. The van der Waals surface area contributed by atoms with Crippen LogP contribution < -0.4 is 0 Å². The second kappa shape index (κ2) is 4.51. The summed E-state index contributed by atoms with van der Waals surface area (Å²) in [6.45, 7) is 4.03. The van der Waals surface area contributed by atoms with Gasteiger partial charge in [-0.25, -0.2) is 4.39 Å². The normalized spacial score (nSPS) is 13.2. The Bertz CT molecular complexity index is 292. The van der Waals surface area contributed by atoms with Crippen molar-refractivity contribution in [3.63, 3.8) is 0 Å². The first-order chi connectivity index (χ1) is 6.09. The molecule has 1 nitrogen and oxygen atoms in total. The first-order valence-electron chi connectivity index (χ1n) is 4.23. The summed E-state index contributed by atoms with van der Waals surface area (Å²) in [4.78, 5) is 0.704. The molecule has 0 saturated heterocycles. The highest BCUT2D eigenvalue weighted by atomic mass is 32.2. The van der Waals surface area contributed by atoms with Crippen molar-refractivity contribution in [3.05, 3.63) is 30.1 Å². The van der Waals surface area contributed by atoms with Gasteiger partial charge in [-0.1, -0.05) is 13.8 Å². The van der Waals surface area contributed by atoms with Gasteiger partial charge in [0.2, 0.25) is 0 Å². The van der Waals surface area contributed by atoms with E-state index in [0.29, 0.717) is 16.6 Å². The van der Waals surface area contributed by atoms with Crippen LogP contribution in [0.1, 0.15) is 13.8 Å². The quantitative estimate of drug-likeness (QED) is 0.733. The maximum absolute atomic E-state index is 12.5. The van der Waals surface area contributed by atoms with E-state index in [4.69, 9.17) is 0 Å². The van der Waals surface area contributed by atoms with Crippen LogP contribution >= 0.6 is 0 Å². The van der Waals surface area contributed by atoms with E-state index < -0.39 is 10.8 Å². The van der Waals surface area contributed by atoms with Crippen LogP contribution in [0.4, 0.5) is 4.39 Å². The molecule has 72 valence electrons. The smallest absolute Gasteiger partial charge is 0.123 e. The highest BCUT2D eigenvalue weighted by Crippen LogP contribution is 2.10. The molecule has 0 heterocycles. The Morgan fingerprint density at radius 3 is 2.31 bits per heavy atom. The van der Waals surface area contributed by atoms with Crippen molar-refractivity contribution in [2.45, 2.75) is 18.7 Å². The summed E-state index contributed by atoms with van der Waals surface area (Å²) in [6.07, 6.45) is 0. The summed E-state index contributed by atoms with van der Waals surface area (Å²) in [6, 6.07) is 5.84. The van der Waals surface area contributed by atoms with Crippen LogP contribution in [-0.2, 0) is 10.8 Å². The lowest BCUT2D eigenvalue weighted by Crippen LogP contribution is -2.04. The van der Waals surface area contributed by atoms with Gasteiger partial charge < -0.3 is 0 Å². The van der Waals surface area contributed by atoms with Crippen LogP contribution in [0.3, 0.4) is 0 Å². The molecule has 3 heteroatoms. The van der Waals surface area contributed by atoms with Crippen LogP contribution in [-0.4, -0.2) is 9.96 Å². The minimum atomic E-state index is -0.988. The summed E-state index contributed by atoms with van der Waals surface area (Å²) in [5.74, 6) is 0.738. The van der Waals surface area contributed by atoms with Gasteiger partial charge >= 0.3 is 0 Å². The van der Waals surface area contributed by atoms with Gasteiger partial charge in [0.25, 0.3) is 0 Å². The van der Waals surface area contributed by atoms with Crippen molar-refractivity contribution in [2.24, 2.45) is 5.92 Å². The first kappa shape index (κ1) is 10.4. The van der Waals surface area contributed by atoms with Gasteiger partial charge in [0.1, 0.15) is 5.82 Å². The Morgan fingerprint density at radius 2 is 1.85 bits per heavy atom. The van der Waals surface area contributed by atoms with Gasteiger partial charge in [-0.3, -0.25) is 4.21 Å². The molecule has 0 aliphatic rings. The minimum absolute atomic E-state index is 0.287. The van der Waals surface area contributed by atoms with Crippen LogP contribution in [0.5, 0.6) is 0 Å². The number of hydrogen-bond acceptors (Lipinski definition) is 1. The number of halogens is 1. The second-order valence-electron chi connectivity index (χ2n) is 3.36. The fourth-order valence-electron chi connectivity index (χ4n) is 0.985. The van der Waals surface area contributed by atoms with E-state index in [2.05, 4.69) is 0 Å². The fraction of sp³-hybridized carbons (Fsp3) is 0.400. The molecule has 0 spiro atoms. The zero-order valence-electron chi connectivity index (χ0n) is 7.79. The van der Waals surface area contributed by atoms with Crippen LogP contribution in [0.15, 0.2) is 29.2 Å². The standard InChI is InChI=1S/C10H13FOS/c1-8(2)7-13(12)10-5-3-9(11)4-6-10/h3-6,8H,7H2,1-2H3. The van der Waals surface area contributed by atoms with Crippen molar-refractivity contribution in [1.29, 1.82) is 0 Å². The predicted octanol–water partition coefficient (Wildman–Crippen LogP) is 2.59. The zero-order chi connectivity index (χ0) is 9.84. The maximum atomic E-state index is 12.5. The molecule has 0 aliphatic carbocycles. The van der Waals surface area contributed by atoms with Crippen molar-refractivity contribution in [2.75, 3.05) is 5.75 Å². The molecule has 0 N–H and O–H groups in total. The highest BCUT2D eigenvalue weighted by molar-refractivity contribution is 7.85. The number of rotatable bonds is 3. The van der Waals surface area contributed by atoms with Crippen molar-refractivity contribution < 1.29 is 8.60 Å². The van der Waals surface area contributed by atoms with E-state index in [9.17, 15) is 8.60 Å². The molecule has 0 radical (unpaired) electrons. The third-order valence-electron chi connectivity index (χ3n) is 1.56. The topological polar surface area (TPSA) is 17.1 Å². The van der Waals surface area contributed by atoms with Gasteiger partial charge in [0.05, 0.1) is 10.8 Å². The van der Waals surface area contributed by atoms with Gasteiger partial charge in [0.15, 0.2) is 0 Å². The molecule has 0 aromatic heterocycles. The van der Waals surface area contributed by atoms with Gasteiger partial charge in [-0.15, -0.1) is 0 Å². The average molecular weight is 200 g/mol. The Labute approximate surface area is 80.4 Å². The molecular formula is C10H13FOS. The number of hydrogen-bond donors (Lipinski definition) is 0. The molecule has 1 rings (SSSR count). The summed E-state index contributed by atoms with van der Waals surface area (Å²) in [5, 5.41) is 0. The van der Waals surface area contributed by atoms with E-state index in [0.717, 1.165) is 0 Å². The zero-order valence-corrected chi connectivity index (χ0v) is 8.60. The van der Waals surface area contributed by atoms with Gasteiger partial charge in [-0.2, -0.15) is 0 Å². The summed E-state index contributed by atoms with van der Waals surface area (Å²) >= 11 is 0. The maximum Gasteiger partial charge on any atom is 0.123 e. The third-order valence-corrected chi connectivity index (χ3v) is 3.33. The van der Waals surface area contributed by atoms with Crippen molar-refractivity contribution in [3.8, 4) is 0 Å². The fourth-order valence-corrected chi connectivity index (χ4v) is 2.22. The molecule has 1 atom stereocenters. The molecule has 0 bridgehead atoms. The van der Waals surface area contributed by atoms with E-state index in [1.807, 2.05) is 13.8 Å². The lowest BCUT2D eigenvalue weighted by atomic mass is 10.3. The minimum Gasteiger partial charge on any atom is -0.254 e. The third kappa shape index (κ3) is 3.27. The molecule has 0 amide bonds. The molecule has 1 unspecified atom stereocenters. The SMILES string of the molecule is CC(C)CS(=O)c1ccc(F)cc1. The largest absolute Gasteiger partial charge is 0.254 e. The molecular weight excluding hydrogens is 187 g/mol. The highest BCUT2D eigenvalue weighted by Gasteiger charge is 2.05. The van der Waals surface area contributed by atoms with Crippen LogP contribution in [0, 0.1) is 11.7 Å². The first-order valence-corrected chi connectivity index (χ1v) is 5.55. The molecule has 13 heavy (non-hydrogen) atoms. The molecule has 0 aliphatic heterocycles. The molecule has 0 saturated carbocycles. The Morgan fingerprint density at radius 1 is 1.31 bits per heavy atom. The Kier molecular flexibility index (Phi) is 3.60. The molecule has 1 aromatic carbocycles. The number of benzene rings is 1. The van der Waals surface area contributed by atoms with Gasteiger partial charge in [-0.05, 0) is 30.2 Å². The molecule has 1 aromatic rings. The van der Waals surface area contributed by atoms with E-state index in [1.165, 1.54) is 12.1 Å². The predicted molar refractivity (Wildman–Crippen MR) is 52.5 cm³/mol. The second-order valence-corrected chi connectivity index (χ2v) is 4.86. The van der Waals surface area contributed by atoms with E-state index in [1.54, 1.807) is 12.1 Å².